The fourth-order valence-corrected chi connectivity index (χ4v) is 3.54. The Morgan fingerprint density at radius 3 is 2.74 bits per heavy atom. The van der Waals surface area contributed by atoms with Gasteiger partial charge in [0, 0.05) is 9.37 Å². The third kappa shape index (κ3) is 4.18. The van der Waals surface area contributed by atoms with E-state index in [-0.39, 0.29) is 0 Å². The summed E-state index contributed by atoms with van der Waals surface area (Å²) < 4.78 is 1.87. The van der Waals surface area contributed by atoms with Crippen LogP contribution in [0.4, 0.5) is 0 Å². The Balaban J connectivity index is 2.13. The number of rotatable bonds is 4. The summed E-state index contributed by atoms with van der Waals surface area (Å²) >= 11 is 14.7. The Labute approximate surface area is 138 Å². The number of nitrogens with zero attached hydrogens (tertiary/aromatic N) is 2. The normalized spacial score (nSPS) is 10.7. The Morgan fingerprint density at radius 1 is 1.26 bits per heavy atom. The molecule has 100 valence electrons. The van der Waals surface area contributed by atoms with Gasteiger partial charge in [-0.1, -0.05) is 40.5 Å². The largest absolute Gasteiger partial charge is 0.236 e. The van der Waals surface area contributed by atoms with Crippen LogP contribution in [0.25, 0.3) is 0 Å². The minimum Gasteiger partial charge on any atom is -0.236 e. The Morgan fingerprint density at radius 2 is 2.05 bits per heavy atom. The van der Waals surface area contributed by atoms with Crippen LogP contribution in [0.15, 0.2) is 38.1 Å². The summed E-state index contributed by atoms with van der Waals surface area (Å²) in [6, 6.07) is 8.16. The highest BCUT2D eigenvalue weighted by Crippen LogP contribution is 2.28. The molecule has 0 N–H and O–H groups in total. The molecule has 2 aromatic rings. The number of hydrogen-bond acceptors (Lipinski definition) is 3. The van der Waals surface area contributed by atoms with Gasteiger partial charge in [-0.2, -0.15) is 0 Å². The molecule has 1 aromatic carbocycles. The number of aryl methyl sites for hydroxylation is 1. The van der Waals surface area contributed by atoms with Crippen molar-refractivity contribution in [2.45, 2.75) is 24.0 Å². The molecule has 0 aliphatic rings. The van der Waals surface area contributed by atoms with Crippen molar-refractivity contribution in [3.05, 3.63) is 49.9 Å². The van der Waals surface area contributed by atoms with Crippen molar-refractivity contribution in [3.63, 3.8) is 0 Å². The van der Waals surface area contributed by atoms with Crippen molar-refractivity contribution in [3.8, 4) is 0 Å². The highest BCUT2D eigenvalue weighted by Gasteiger charge is 2.09. The van der Waals surface area contributed by atoms with Gasteiger partial charge in [0.15, 0.2) is 0 Å². The van der Waals surface area contributed by atoms with Gasteiger partial charge in [-0.3, -0.25) is 0 Å². The summed E-state index contributed by atoms with van der Waals surface area (Å²) in [5.74, 6) is 1.46. The van der Waals surface area contributed by atoms with Crippen molar-refractivity contribution >= 4 is 55.2 Å². The first kappa shape index (κ1) is 15.3. The number of hydrogen-bond donors (Lipinski definition) is 0. The van der Waals surface area contributed by atoms with Crippen LogP contribution in [0.5, 0.6) is 0 Å². The molecule has 0 unspecified atom stereocenters. The van der Waals surface area contributed by atoms with Crippen LogP contribution in [0.2, 0.25) is 5.15 Å². The third-order valence-corrected chi connectivity index (χ3v) is 5.24. The molecule has 0 aliphatic carbocycles. The van der Waals surface area contributed by atoms with E-state index >= 15 is 0 Å². The van der Waals surface area contributed by atoms with Gasteiger partial charge in [0.1, 0.15) is 11.0 Å². The van der Waals surface area contributed by atoms with Crippen molar-refractivity contribution in [1.82, 2.24) is 9.97 Å². The summed E-state index contributed by atoms with van der Waals surface area (Å²) in [4.78, 5) is 9.98. The van der Waals surface area contributed by atoms with Crippen LogP contribution in [0, 0.1) is 0 Å². The second-order valence-electron chi connectivity index (χ2n) is 3.79. The summed E-state index contributed by atoms with van der Waals surface area (Å²) in [7, 11) is 0. The van der Waals surface area contributed by atoms with E-state index in [9.17, 15) is 0 Å². The fraction of sp³-hybridized carbons (Fsp3) is 0.231. The van der Waals surface area contributed by atoms with E-state index in [4.69, 9.17) is 11.6 Å². The molecule has 0 bridgehead atoms. The highest BCUT2D eigenvalue weighted by molar-refractivity contribution is 9.10. The lowest BCUT2D eigenvalue weighted by atomic mass is 10.3. The maximum absolute atomic E-state index is 6.09. The molecule has 2 rings (SSSR count). The topological polar surface area (TPSA) is 25.8 Å². The van der Waals surface area contributed by atoms with Crippen molar-refractivity contribution in [2.75, 3.05) is 0 Å². The molecule has 0 atom stereocenters. The van der Waals surface area contributed by atoms with Gasteiger partial charge in [-0.15, -0.1) is 11.8 Å². The minimum atomic E-state index is 0.483. The molecule has 1 heterocycles. The molecule has 0 spiro atoms. The molecule has 2 nitrogen and oxygen atoms in total. The molecule has 0 aliphatic heterocycles. The van der Waals surface area contributed by atoms with Crippen LogP contribution in [-0.2, 0) is 12.2 Å². The molecule has 0 fully saturated rings. The van der Waals surface area contributed by atoms with E-state index in [0.29, 0.717) is 10.9 Å². The van der Waals surface area contributed by atoms with E-state index in [1.54, 1.807) is 11.8 Å². The molecule has 0 radical (unpaired) electrons. The lowest BCUT2D eigenvalue weighted by Gasteiger charge is -2.06. The SMILES string of the molecule is CCc1nc(CSc2cccc(Br)c2)nc(Cl)c1Br. The standard InChI is InChI=1S/C13H11Br2ClN2S/c1-2-10-12(15)13(16)18-11(17-10)7-19-9-5-3-4-8(14)6-9/h3-6H,2,7H2,1H3. The molecule has 0 saturated heterocycles. The average Bonchev–Trinajstić information content (AvgIpc) is 2.40. The zero-order valence-corrected chi connectivity index (χ0v) is 14.9. The quantitative estimate of drug-likeness (QED) is 0.480. The van der Waals surface area contributed by atoms with Gasteiger partial charge in [0.25, 0.3) is 0 Å². The second kappa shape index (κ2) is 7.07. The Bertz CT molecular complexity index is 593. The second-order valence-corrected chi connectivity index (χ2v) is 6.91. The Hall–Kier alpha value is -0.100. The van der Waals surface area contributed by atoms with Gasteiger partial charge in [-0.25, -0.2) is 9.97 Å². The van der Waals surface area contributed by atoms with Gasteiger partial charge >= 0.3 is 0 Å². The molecule has 19 heavy (non-hydrogen) atoms. The highest BCUT2D eigenvalue weighted by atomic mass is 79.9. The smallest absolute Gasteiger partial charge is 0.147 e. The van der Waals surface area contributed by atoms with Gasteiger partial charge < -0.3 is 0 Å². The molecule has 6 heteroatoms. The summed E-state index contributed by atoms with van der Waals surface area (Å²) in [5.41, 5.74) is 0.949. The van der Waals surface area contributed by atoms with E-state index in [2.05, 4.69) is 60.9 Å². The lowest BCUT2D eigenvalue weighted by molar-refractivity contribution is 0.928. The minimum absolute atomic E-state index is 0.483. The lowest BCUT2D eigenvalue weighted by Crippen LogP contribution is -1.99. The van der Waals surface area contributed by atoms with Crippen molar-refractivity contribution in [1.29, 1.82) is 0 Å². The number of aromatic nitrogens is 2. The van der Waals surface area contributed by atoms with Crippen molar-refractivity contribution in [2.24, 2.45) is 0 Å². The van der Waals surface area contributed by atoms with Crippen LogP contribution >= 0.6 is 55.2 Å². The average molecular weight is 423 g/mol. The molecule has 0 saturated carbocycles. The first-order chi connectivity index (χ1) is 9.10. The number of halogens is 3. The maximum Gasteiger partial charge on any atom is 0.147 e. The molecule has 0 amide bonds. The molecule has 1 aromatic heterocycles. The van der Waals surface area contributed by atoms with E-state index in [1.807, 2.05) is 12.1 Å². The van der Waals surface area contributed by atoms with Gasteiger partial charge in [0.2, 0.25) is 0 Å². The zero-order valence-electron chi connectivity index (χ0n) is 10.2. The molecular weight excluding hydrogens is 411 g/mol. The van der Waals surface area contributed by atoms with Crippen molar-refractivity contribution < 1.29 is 0 Å². The van der Waals surface area contributed by atoms with Crippen LogP contribution in [0.3, 0.4) is 0 Å². The van der Waals surface area contributed by atoms with E-state index < -0.39 is 0 Å². The predicted octanol–water partition coefficient (Wildman–Crippen LogP) is 5.51. The molecular formula is C13H11Br2ClN2S. The zero-order chi connectivity index (χ0) is 13.8. The third-order valence-electron chi connectivity index (χ3n) is 2.42. The predicted molar refractivity (Wildman–Crippen MR) is 87.8 cm³/mol. The first-order valence-corrected chi connectivity index (χ1v) is 8.64. The van der Waals surface area contributed by atoms with Gasteiger partial charge in [-0.05, 0) is 40.5 Å². The maximum atomic E-state index is 6.09. The number of thioether (sulfide) groups is 1. The van der Waals surface area contributed by atoms with E-state index in [1.165, 1.54) is 4.90 Å². The fourth-order valence-electron chi connectivity index (χ4n) is 1.51. The van der Waals surface area contributed by atoms with Crippen LogP contribution < -0.4 is 0 Å². The summed E-state index contributed by atoms with van der Waals surface area (Å²) in [6.45, 7) is 2.05. The Kier molecular flexibility index (Phi) is 5.69. The van der Waals surface area contributed by atoms with Gasteiger partial charge in [0.05, 0.1) is 15.9 Å². The first-order valence-electron chi connectivity index (χ1n) is 5.69. The van der Waals surface area contributed by atoms with E-state index in [0.717, 1.165) is 26.9 Å². The van der Waals surface area contributed by atoms with Crippen LogP contribution in [-0.4, -0.2) is 9.97 Å². The number of benzene rings is 1. The summed E-state index contributed by atoms with van der Waals surface area (Å²) in [6.07, 6.45) is 0.831. The monoisotopic (exact) mass is 420 g/mol. The summed E-state index contributed by atoms with van der Waals surface area (Å²) in [5, 5.41) is 0.483. The van der Waals surface area contributed by atoms with Crippen LogP contribution in [0.1, 0.15) is 18.4 Å².